The zero-order chi connectivity index (χ0) is 16.8. The summed E-state index contributed by atoms with van der Waals surface area (Å²) in [5.41, 5.74) is 1.38. The lowest BCUT2D eigenvalue weighted by Gasteiger charge is -2.36. The van der Waals surface area contributed by atoms with Crippen molar-refractivity contribution in [3.8, 4) is 0 Å². The van der Waals surface area contributed by atoms with Gasteiger partial charge in [-0.15, -0.1) is 0 Å². The maximum absolute atomic E-state index is 4.92. The molecule has 23 heavy (non-hydrogen) atoms. The van der Waals surface area contributed by atoms with Crippen molar-refractivity contribution in [2.45, 2.75) is 25.8 Å². The highest BCUT2D eigenvalue weighted by molar-refractivity contribution is 5.79. The van der Waals surface area contributed by atoms with Crippen molar-refractivity contribution in [1.29, 1.82) is 0 Å². The highest BCUT2D eigenvalue weighted by Gasteiger charge is 2.24. The lowest BCUT2D eigenvalue weighted by atomic mass is 9.96. The standard InChI is InChI=1S/C19H32N4/c1-16-11-13-23(14-12-16)18(17-9-7-6-8-10-17)15-20-19(21(2)3)22(4)5/h6-10,16,18H,11-15H2,1-5H3. The molecule has 4 heteroatoms. The van der Waals surface area contributed by atoms with Crippen LogP contribution in [-0.4, -0.2) is 68.5 Å². The van der Waals surface area contributed by atoms with Crippen molar-refractivity contribution >= 4 is 5.96 Å². The van der Waals surface area contributed by atoms with Crippen LogP contribution in [0.25, 0.3) is 0 Å². The topological polar surface area (TPSA) is 22.1 Å². The van der Waals surface area contributed by atoms with Gasteiger partial charge in [-0.2, -0.15) is 0 Å². The van der Waals surface area contributed by atoms with Gasteiger partial charge in [0.2, 0.25) is 0 Å². The van der Waals surface area contributed by atoms with Crippen LogP contribution in [0.5, 0.6) is 0 Å². The SMILES string of the molecule is CC1CCN(C(CN=C(N(C)C)N(C)C)c2ccccc2)CC1. The van der Waals surface area contributed by atoms with Crippen molar-refractivity contribution in [3.63, 3.8) is 0 Å². The molecule has 0 N–H and O–H groups in total. The van der Waals surface area contributed by atoms with E-state index in [-0.39, 0.29) is 0 Å². The first kappa shape index (κ1) is 17.8. The third-order valence-electron chi connectivity index (χ3n) is 4.65. The van der Waals surface area contributed by atoms with E-state index in [4.69, 9.17) is 4.99 Å². The molecule has 0 amide bonds. The van der Waals surface area contributed by atoms with Crippen molar-refractivity contribution in [2.24, 2.45) is 10.9 Å². The molecule has 0 aliphatic carbocycles. The summed E-state index contributed by atoms with van der Waals surface area (Å²) in [7, 11) is 8.22. The average Bonchev–Trinajstić information content (AvgIpc) is 2.53. The maximum atomic E-state index is 4.92. The summed E-state index contributed by atoms with van der Waals surface area (Å²) in [5.74, 6) is 1.88. The van der Waals surface area contributed by atoms with Gasteiger partial charge in [-0.05, 0) is 37.4 Å². The van der Waals surface area contributed by atoms with E-state index < -0.39 is 0 Å². The van der Waals surface area contributed by atoms with Crippen LogP contribution in [0.3, 0.4) is 0 Å². The highest BCUT2D eigenvalue weighted by atomic mass is 15.3. The largest absolute Gasteiger partial charge is 0.349 e. The summed E-state index contributed by atoms with van der Waals surface area (Å²) < 4.78 is 0. The van der Waals surface area contributed by atoms with Crippen LogP contribution in [-0.2, 0) is 0 Å². The lowest BCUT2D eigenvalue weighted by molar-refractivity contribution is 0.141. The van der Waals surface area contributed by atoms with E-state index >= 15 is 0 Å². The predicted molar refractivity (Wildman–Crippen MR) is 98.8 cm³/mol. The fraction of sp³-hybridized carbons (Fsp3) is 0.632. The van der Waals surface area contributed by atoms with Crippen LogP contribution in [0.2, 0.25) is 0 Å². The number of hydrogen-bond acceptors (Lipinski definition) is 2. The summed E-state index contributed by atoms with van der Waals surface area (Å²) in [4.78, 5) is 11.7. The zero-order valence-electron chi connectivity index (χ0n) is 15.4. The maximum Gasteiger partial charge on any atom is 0.195 e. The fourth-order valence-corrected chi connectivity index (χ4v) is 3.30. The van der Waals surface area contributed by atoms with E-state index in [1.54, 1.807) is 0 Å². The summed E-state index contributed by atoms with van der Waals surface area (Å²) in [6.45, 7) is 5.53. The number of guanidine groups is 1. The molecule has 0 aromatic heterocycles. The minimum atomic E-state index is 0.374. The number of rotatable bonds is 4. The van der Waals surface area contributed by atoms with Crippen LogP contribution in [0.4, 0.5) is 0 Å². The first-order valence-electron chi connectivity index (χ1n) is 8.67. The Balaban J connectivity index is 2.19. The molecule has 1 aliphatic rings. The van der Waals surface area contributed by atoms with E-state index in [0.29, 0.717) is 6.04 Å². The minimum absolute atomic E-state index is 0.374. The first-order chi connectivity index (χ1) is 11.0. The van der Waals surface area contributed by atoms with Gasteiger partial charge in [0.15, 0.2) is 5.96 Å². The molecule has 1 aromatic rings. The van der Waals surface area contributed by atoms with Crippen molar-refractivity contribution in [1.82, 2.24) is 14.7 Å². The molecular weight excluding hydrogens is 284 g/mol. The Hall–Kier alpha value is -1.55. The van der Waals surface area contributed by atoms with Crippen molar-refractivity contribution in [3.05, 3.63) is 35.9 Å². The van der Waals surface area contributed by atoms with Gasteiger partial charge in [0.05, 0.1) is 12.6 Å². The molecule has 1 aliphatic heterocycles. The molecule has 2 rings (SSSR count). The van der Waals surface area contributed by atoms with E-state index in [9.17, 15) is 0 Å². The first-order valence-corrected chi connectivity index (χ1v) is 8.67. The Bertz CT molecular complexity index is 477. The Kier molecular flexibility index (Phi) is 6.46. The number of nitrogens with zero attached hydrogens (tertiary/aromatic N) is 4. The third kappa shape index (κ3) is 4.96. The van der Waals surface area contributed by atoms with E-state index in [0.717, 1.165) is 18.4 Å². The number of benzene rings is 1. The molecule has 1 aromatic carbocycles. The molecule has 1 atom stereocenters. The molecule has 1 heterocycles. The van der Waals surface area contributed by atoms with Gasteiger partial charge in [0, 0.05) is 28.2 Å². The molecule has 4 nitrogen and oxygen atoms in total. The quantitative estimate of drug-likeness (QED) is 0.630. The fourth-order valence-electron chi connectivity index (χ4n) is 3.30. The Labute approximate surface area is 141 Å². The van der Waals surface area contributed by atoms with E-state index in [2.05, 4.69) is 80.1 Å². The Morgan fingerprint density at radius 2 is 1.65 bits per heavy atom. The van der Waals surface area contributed by atoms with Crippen molar-refractivity contribution in [2.75, 3.05) is 47.8 Å². The van der Waals surface area contributed by atoms with Gasteiger partial charge in [0.25, 0.3) is 0 Å². The van der Waals surface area contributed by atoms with Gasteiger partial charge < -0.3 is 9.80 Å². The monoisotopic (exact) mass is 316 g/mol. The molecule has 0 saturated carbocycles. The zero-order valence-corrected chi connectivity index (χ0v) is 15.4. The van der Waals surface area contributed by atoms with Crippen LogP contribution in [0, 0.1) is 5.92 Å². The second-order valence-corrected chi connectivity index (χ2v) is 7.07. The van der Waals surface area contributed by atoms with E-state index in [1.807, 2.05) is 0 Å². The summed E-state index contributed by atoms with van der Waals surface area (Å²) >= 11 is 0. The number of aliphatic imine (C=N–C) groups is 1. The third-order valence-corrected chi connectivity index (χ3v) is 4.65. The second-order valence-electron chi connectivity index (χ2n) is 7.07. The molecule has 0 spiro atoms. The Morgan fingerprint density at radius 1 is 1.09 bits per heavy atom. The minimum Gasteiger partial charge on any atom is -0.349 e. The Morgan fingerprint density at radius 3 is 2.17 bits per heavy atom. The summed E-state index contributed by atoms with van der Waals surface area (Å²) in [5, 5.41) is 0. The van der Waals surface area contributed by atoms with Crippen LogP contribution in [0.15, 0.2) is 35.3 Å². The lowest BCUT2D eigenvalue weighted by Crippen LogP contribution is -2.39. The van der Waals surface area contributed by atoms with E-state index in [1.165, 1.54) is 31.5 Å². The molecule has 0 bridgehead atoms. The normalized spacial score (nSPS) is 17.6. The average molecular weight is 316 g/mol. The second kappa shape index (κ2) is 8.34. The summed E-state index contributed by atoms with van der Waals surface area (Å²) in [6.07, 6.45) is 2.59. The molecule has 128 valence electrons. The van der Waals surface area contributed by atoms with Gasteiger partial charge in [0.1, 0.15) is 0 Å². The number of piperidine rings is 1. The van der Waals surface area contributed by atoms with Crippen LogP contribution < -0.4 is 0 Å². The van der Waals surface area contributed by atoms with Gasteiger partial charge in [-0.25, -0.2) is 0 Å². The van der Waals surface area contributed by atoms with Gasteiger partial charge in [-0.1, -0.05) is 37.3 Å². The molecule has 0 radical (unpaired) electrons. The predicted octanol–water partition coefficient (Wildman–Crippen LogP) is 2.94. The molecule has 1 fully saturated rings. The number of likely N-dealkylation sites (tertiary alicyclic amines) is 1. The molecule has 1 unspecified atom stereocenters. The molecule has 1 saturated heterocycles. The van der Waals surface area contributed by atoms with Crippen molar-refractivity contribution < 1.29 is 0 Å². The number of hydrogen-bond donors (Lipinski definition) is 0. The van der Waals surface area contributed by atoms with Crippen LogP contribution in [0.1, 0.15) is 31.4 Å². The summed E-state index contributed by atoms with van der Waals surface area (Å²) in [6, 6.07) is 11.2. The van der Waals surface area contributed by atoms with Gasteiger partial charge in [-0.3, -0.25) is 9.89 Å². The smallest absolute Gasteiger partial charge is 0.195 e. The molecular formula is C19H32N4. The van der Waals surface area contributed by atoms with Crippen LogP contribution >= 0.6 is 0 Å². The van der Waals surface area contributed by atoms with Gasteiger partial charge >= 0.3 is 0 Å². The highest BCUT2D eigenvalue weighted by Crippen LogP contribution is 2.27.